The first-order valence-electron chi connectivity index (χ1n) is 6.75. The highest BCUT2D eigenvalue weighted by molar-refractivity contribution is 6.33. The number of aliphatic hydroxyl groups is 1. The Hall–Kier alpha value is -1.72. The minimum Gasteiger partial charge on any atom is -0.485 e. The molecule has 5 nitrogen and oxygen atoms in total. The molecule has 2 aromatic rings. The third-order valence-electron chi connectivity index (χ3n) is 3.21. The summed E-state index contributed by atoms with van der Waals surface area (Å²) in [6, 6.07) is 1.73. The minimum absolute atomic E-state index is 0.0636. The van der Waals surface area contributed by atoms with Crippen molar-refractivity contribution < 1.29 is 14.3 Å². The molecule has 0 atom stereocenters. The summed E-state index contributed by atoms with van der Waals surface area (Å²) in [6.45, 7) is 6.07. The number of aliphatic hydroxyl groups excluding tert-OH is 1. The van der Waals surface area contributed by atoms with Crippen molar-refractivity contribution in [2.45, 2.75) is 20.8 Å². The average molecular weight is 312 g/mol. The Bertz CT molecular complexity index is 724. The van der Waals surface area contributed by atoms with Crippen LogP contribution < -0.4 is 15.7 Å². The van der Waals surface area contributed by atoms with E-state index in [0.717, 1.165) is 11.1 Å². The number of rotatable bonds is 5. The van der Waals surface area contributed by atoms with E-state index in [2.05, 4.69) is 5.32 Å². The summed E-state index contributed by atoms with van der Waals surface area (Å²) in [5, 5.41) is 13.4. The lowest BCUT2D eigenvalue weighted by atomic mass is 10.0. The highest BCUT2D eigenvalue weighted by Crippen LogP contribution is 2.37. The van der Waals surface area contributed by atoms with Gasteiger partial charge in [-0.1, -0.05) is 11.6 Å². The number of hydrogen-bond acceptors (Lipinski definition) is 5. The molecule has 1 heterocycles. The number of nitrogens with one attached hydrogen (secondary N) is 1. The van der Waals surface area contributed by atoms with Crippen LogP contribution in [0.1, 0.15) is 18.1 Å². The molecule has 21 heavy (non-hydrogen) atoms. The van der Waals surface area contributed by atoms with Gasteiger partial charge >= 0.3 is 5.63 Å². The van der Waals surface area contributed by atoms with Crippen LogP contribution in [0.3, 0.4) is 0 Å². The second-order valence-corrected chi connectivity index (χ2v) is 5.06. The summed E-state index contributed by atoms with van der Waals surface area (Å²) in [4.78, 5) is 12.1. The molecule has 0 saturated heterocycles. The molecule has 2 N–H and O–H groups in total. The minimum atomic E-state index is -0.550. The largest absolute Gasteiger partial charge is 0.485 e. The molecule has 0 fully saturated rings. The van der Waals surface area contributed by atoms with Gasteiger partial charge in [-0.05, 0) is 38.0 Å². The molecular formula is C15H18ClNO4. The fraction of sp³-hybridized carbons (Fsp3) is 0.400. The van der Waals surface area contributed by atoms with Gasteiger partial charge in [0.25, 0.3) is 0 Å². The van der Waals surface area contributed by atoms with Crippen LogP contribution in [0.5, 0.6) is 5.75 Å². The van der Waals surface area contributed by atoms with Crippen LogP contribution >= 0.6 is 11.6 Å². The maximum Gasteiger partial charge on any atom is 0.381 e. The Morgan fingerprint density at radius 3 is 2.76 bits per heavy atom. The zero-order valence-corrected chi connectivity index (χ0v) is 13.0. The van der Waals surface area contributed by atoms with Crippen LogP contribution in [0.2, 0.25) is 5.02 Å². The van der Waals surface area contributed by atoms with Gasteiger partial charge in [-0.2, -0.15) is 0 Å². The van der Waals surface area contributed by atoms with Gasteiger partial charge in [0.2, 0.25) is 5.75 Å². The highest BCUT2D eigenvalue weighted by atomic mass is 35.5. The Morgan fingerprint density at radius 1 is 1.43 bits per heavy atom. The van der Waals surface area contributed by atoms with Gasteiger partial charge in [0.1, 0.15) is 5.58 Å². The number of anilines is 1. The van der Waals surface area contributed by atoms with Crippen molar-refractivity contribution in [3.05, 3.63) is 32.6 Å². The molecule has 0 saturated carbocycles. The molecule has 2 rings (SSSR count). The number of fused-ring (bicyclic) bond motifs is 1. The monoisotopic (exact) mass is 311 g/mol. The van der Waals surface area contributed by atoms with Crippen LogP contribution in [0, 0.1) is 13.8 Å². The number of hydrogen-bond donors (Lipinski definition) is 2. The van der Waals surface area contributed by atoms with E-state index in [1.807, 2.05) is 13.8 Å². The summed E-state index contributed by atoms with van der Waals surface area (Å²) in [5.41, 5.74) is 2.05. The first-order valence-corrected chi connectivity index (χ1v) is 7.13. The number of halogens is 1. The van der Waals surface area contributed by atoms with Crippen molar-refractivity contribution in [1.82, 2.24) is 0 Å². The third-order valence-corrected chi connectivity index (χ3v) is 3.79. The van der Waals surface area contributed by atoms with E-state index in [-0.39, 0.29) is 12.4 Å². The van der Waals surface area contributed by atoms with E-state index in [1.165, 1.54) is 0 Å². The standard InChI is InChI=1S/C15H18ClNO4/c1-4-20-14-13(17-5-6-18)11-9(3)12(16)8(2)7-10(11)21-15(14)19/h7,17-18H,4-6H2,1-3H3. The number of benzene rings is 1. The van der Waals surface area contributed by atoms with Crippen molar-refractivity contribution in [3.8, 4) is 5.75 Å². The normalized spacial score (nSPS) is 10.9. The first-order chi connectivity index (χ1) is 10.0. The smallest absolute Gasteiger partial charge is 0.381 e. The van der Waals surface area contributed by atoms with Crippen LogP contribution in [-0.2, 0) is 0 Å². The van der Waals surface area contributed by atoms with E-state index < -0.39 is 5.63 Å². The van der Waals surface area contributed by atoms with Crippen LogP contribution in [0.4, 0.5) is 5.69 Å². The topological polar surface area (TPSA) is 71.7 Å². The van der Waals surface area contributed by atoms with E-state index in [1.54, 1.807) is 13.0 Å². The van der Waals surface area contributed by atoms with Crippen LogP contribution in [0.25, 0.3) is 11.0 Å². The van der Waals surface area contributed by atoms with Crippen molar-refractivity contribution in [3.63, 3.8) is 0 Å². The van der Waals surface area contributed by atoms with Gasteiger partial charge < -0.3 is 19.6 Å². The van der Waals surface area contributed by atoms with E-state index in [4.69, 9.17) is 25.9 Å². The summed E-state index contributed by atoms with van der Waals surface area (Å²) < 4.78 is 10.7. The summed E-state index contributed by atoms with van der Waals surface area (Å²) in [6.07, 6.45) is 0. The van der Waals surface area contributed by atoms with Gasteiger partial charge in [-0.3, -0.25) is 0 Å². The second kappa shape index (κ2) is 6.37. The van der Waals surface area contributed by atoms with Gasteiger partial charge in [0.05, 0.1) is 18.9 Å². The molecule has 0 radical (unpaired) electrons. The van der Waals surface area contributed by atoms with E-state index >= 15 is 0 Å². The molecule has 0 spiro atoms. The Morgan fingerprint density at radius 2 is 2.14 bits per heavy atom. The Kier molecular flexibility index (Phi) is 4.75. The average Bonchev–Trinajstić information content (AvgIpc) is 2.45. The number of aryl methyl sites for hydroxylation is 2. The lowest BCUT2D eigenvalue weighted by Crippen LogP contribution is -2.14. The molecule has 1 aromatic heterocycles. The number of ether oxygens (including phenoxy) is 1. The lowest BCUT2D eigenvalue weighted by Gasteiger charge is -2.16. The second-order valence-electron chi connectivity index (χ2n) is 4.68. The zero-order chi connectivity index (χ0) is 15.6. The predicted octanol–water partition coefficient (Wildman–Crippen LogP) is 2.87. The molecular weight excluding hydrogens is 294 g/mol. The van der Waals surface area contributed by atoms with Gasteiger partial charge in [0, 0.05) is 17.0 Å². The summed E-state index contributed by atoms with van der Waals surface area (Å²) in [5.74, 6) is 0.112. The molecule has 1 aromatic carbocycles. The fourth-order valence-electron chi connectivity index (χ4n) is 2.30. The molecule has 0 aliphatic heterocycles. The molecule has 0 amide bonds. The van der Waals surface area contributed by atoms with Crippen LogP contribution in [-0.4, -0.2) is 24.9 Å². The van der Waals surface area contributed by atoms with Crippen molar-refractivity contribution in [1.29, 1.82) is 0 Å². The molecule has 0 aliphatic carbocycles. The van der Waals surface area contributed by atoms with Crippen molar-refractivity contribution in [2.24, 2.45) is 0 Å². The molecule has 114 valence electrons. The maximum atomic E-state index is 12.1. The fourth-order valence-corrected chi connectivity index (χ4v) is 2.45. The quantitative estimate of drug-likeness (QED) is 0.831. The lowest BCUT2D eigenvalue weighted by molar-refractivity contribution is 0.309. The van der Waals surface area contributed by atoms with Crippen molar-refractivity contribution >= 4 is 28.3 Å². The molecule has 0 aliphatic rings. The molecule has 0 unspecified atom stereocenters. The van der Waals surface area contributed by atoms with Crippen LogP contribution in [0.15, 0.2) is 15.3 Å². The van der Waals surface area contributed by atoms with E-state index in [0.29, 0.717) is 34.8 Å². The summed E-state index contributed by atoms with van der Waals surface area (Å²) in [7, 11) is 0. The van der Waals surface area contributed by atoms with Gasteiger partial charge in [-0.15, -0.1) is 0 Å². The highest BCUT2D eigenvalue weighted by Gasteiger charge is 2.19. The Labute approximate surface area is 127 Å². The van der Waals surface area contributed by atoms with Crippen molar-refractivity contribution in [2.75, 3.05) is 25.1 Å². The predicted molar refractivity (Wildman–Crippen MR) is 83.7 cm³/mol. The maximum absolute atomic E-state index is 12.1. The Balaban J connectivity index is 2.84. The zero-order valence-electron chi connectivity index (χ0n) is 12.2. The summed E-state index contributed by atoms with van der Waals surface area (Å²) >= 11 is 6.29. The van der Waals surface area contributed by atoms with Gasteiger partial charge in [-0.25, -0.2) is 4.79 Å². The first kappa shape index (κ1) is 15.7. The van der Waals surface area contributed by atoms with E-state index in [9.17, 15) is 4.79 Å². The third kappa shape index (κ3) is 2.84. The molecule has 0 bridgehead atoms. The SMILES string of the molecule is CCOc1c(NCCO)c2c(C)c(Cl)c(C)cc2oc1=O. The van der Waals surface area contributed by atoms with Gasteiger partial charge in [0.15, 0.2) is 0 Å². The molecule has 6 heteroatoms.